The van der Waals surface area contributed by atoms with Crippen LogP contribution in [0.2, 0.25) is 0 Å². The number of anilines is 1. The van der Waals surface area contributed by atoms with Crippen molar-refractivity contribution in [1.82, 2.24) is 10.2 Å². The zero-order chi connectivity index (χ0) is 17.2. The molecule has 0 radical (unpaired) electrons. The quantitative estimate of drug-likeness (QED) is 0.391. The van der Waals surface area contributed by atoms with Gasteiger partial charge in [0.05, 0.1) is 13.2 Å². The number of carbonyl (C=O) groups excluding carboxylic acids is 1. The summed E-state index contributed by atoms with van der Waals surface area (Å²) >= 11 is 3.00. The highest BCUT2D eigenvalue weighted by Gasteiger charge is 2.08. The summed E-state index contributed by atoms with van der Waals surface area (Å²) < 4.78 is 11.9. The van der Waals surface area contributed by atoms with Crippen molar-refractivity contribution in [1.29, 1.82) is 0 Å². The molecule has 0 saturated heterocycles. The van der Waals surface area contributed by atoms with Gasteiger partial charge in [0.25, 0.3) is 0 Å². The number of carbonyl (C=O) groups is 1. The first kappa shape index (κ1) is 18.5. The van der Waals surface area contributed by atoms with E-state index >= 15 is 0 Å². The summed E-state index contributed by atoms with van der Waals surface area (Å²) in [6, 6.07) is 7.46. The van der Waals surface area contributed by atoms with E-state index in [2.05, 4.69) is 22.4 Å². The molecule has 130 valence electrons. The van der Waals surface area contributed by atoms with Gasteiger partial charge < -0.3 is 14.8 Å². The van der Waals surface area contributed by atoms with Crippen LogP contribution in [0.15, 0.2) is 28.6 Å². The molecule has 1 N–H and O–H groups in total. The van der Waals surface area contributed by atoms with Crippen molar-refractivity contribution < 1.29 is 14.3 Å². The fraction of sp³-hybridized carbons (Fsp3) is 0.438. The van der Waals surface area contributed by atoms with Crippen molar-refractivity contribution in [2.24, 2.45) is 0 Å². The maximum atomic E-state index is 11.9. The summed E-state index contributed by atoms with van der Waals surface area (Å²) in [5.41, 5.74) is 0. The third-order valence-corrected chi connectivity index (χ3v) is 4.73. The number of rotatable bonds is 10. The molecule has 1 amide bonds. The Hall–Kier alpha value is -1.80. The minimum atomic E-state index is -0.0745. The van der Waals surface area contributed by atoms with Crippen LogP contribution < -0.4 is 14.8 Å². The Morgan fingerprint density at radius 3 is 2.54 bits per heavy atom. The van der Waals surface area contributed by atoms with Crippen LogP contribution in [0.3, 0.4) is 0 Å². The molecule has 0 aliphatic carbocycles. The minimum Gasteiger partial charge on any atom is -0.494 e. The molecule has 0 atom stereocenters. The summed E-state index contributed by atoms with van der Waals surface area (Å²) in [6.45, 7) is 5.12. The molecular weight excluding hydrogens is 346 g/mol. The number of hydrogen-bond donors (Lipinski definition) is 1. The van der Waals surface area contributed by atoms with E-state index in [9.17, 15) is 4.79 Å². The van der Waals surface area contributed by atoms with E-state index in [4.69, 9.17) is 9.47 Å². The van der Waals surface area contributed by atoms with Gasteiger partial charge in [0.1, 0.15) is 11.5 Å². The molecule has 8 heteroatoms. The maximum Gasteiger partial charge on any atom is 0.226 e. The zero-order valence-corrected chi connectivity index (χ0v) is 15.4. The van der Waals surface area contributed by atoms with Gasteiger partial charge >= 0.3 is 0 Å². The number of nitrogens with zero attached hydrogens (tertiary/aromatic N) is 2. The number of hydrogen-bond acceptors (Lipinski definition) is 7. The first-order valence-electron chi connectivity index (χ1n) is 7.83. The van der Waals surface area contributed by atoms with Crippen LogP contribution in [0.4, 0.5) is 5.13 Å². The normalized spacial score (nSPS) is 10.4. The Labute approximate surface area is 150 Å². The molecule has 0 fully saturated rings. The third-order valence-electron chi connectivity index (χ3n) is 2.87. The Kier molecular flexibility index (Phi) is 7.84. The van der Waals surface area contributed by atoms with Crippen molar-refractivity contribution in [3.05, 3.63) is 24.3 Å². The molecule has 2 rings (SSSR count). The number of thioether (sulfide) groups is 1. The van der Waals surface area contributed by atoms with Gasteiger partial charge in [-0.05, 0) is 43.4 Å². The summed E-state index contributed by atoms with van der Waals surface area (Å²) in [4.78, 5) is 11.9. The lowest BCUT2D eigenvalue weighted by Crippen LogP contribution is -2.12. The van der Waals surface area contributed by atoms with Crippen LogP contribution in [-0.2, 0) is 4.79 Å². The van der Waals surface area contributed by atoms with Crippen LogP contribution >= 0.6 is 23.1 Å². The summed E-state index contributed by atoms with van der Waals surface area (Å²) in [6.07, 6.45) is 1.02. The van der Waals surface area contributed by atoms with E-state index in [1.807, 2.05) is 31.2 Å². The maximum absolute atomic E-state index is 11.9. The van der Waals surface area contributed by atoms with Crippen molar-refractivity contribution in [2.75, 3.05) is 24.3 Å². The van der Waals surface area contributed by atoms with Crippen molar-refractivity contribution in [3.63, 3.8) is 0 Å². The zero-order valence-electron chi connectivity index (χ0n) is 13.8. The van der Waals surface area contributed by atoms with Gasteiger partial charge in [-0.15, -0.1) is 10.2 Å². The number of amides is 1. The largest absolute Gasteiger partial charge is 0.494 e. The van der Waals surface area contributed by atoms with Gasteiger partial charge in [-0.25, -0.2) is 0 Å². The van der Waals surface area contributed by atoms with E-state index in [0.717, 1.165) is 21.6 Å². The SMILES string of the molecule is CCOc1ccc(OCCCC(=O)Nc2nnc(SCC)s2)cc1. The Bertz CT molecular complexity index is 632. The molecule has 0 aliphatic rings. The standard InChI is InChI=1S/C16H21N3O3S2/c1-3-21-12-7-9-13(10-8-12)22-11-5-6-14(20)17-15-18-19-16(24-15)23-4-2/h7-10H,3-6,11H2,1-2H3,(H,17,18,20). The third kappa shape index (κ3) is 6.37. The van der Waals surface area contributed by atoms with Crippen LogP contribution in [0.1, 0.15) is 26.7 Å². The molecule has 1 aromatic carbocycles. The lowest BCUT2D eigenvalue weighted by atomic mass is 10.3. The summed E-state index contributed by atoms with van der Waals surface area (Å²) in [7, 11) is 0. The highest BCUT2D eigenvalue weighted by molar-refractivity contribution is 8.01. The number of nitrogens with one attached hydrogen (secondary N) is 1. The number of ether oxygens (including phenoxy) is 2. The summed E-state index contributed by atoms with van der Waals surface area (Å²) in [5.74, 6) is 2.45. The van der Waals surface area contributed by atoms with Gasteiger partial charge in [0.15, 0.2) is 4.34 Å². The first-order chi connectivity index (χ1) is 11.7. The molecule has 1 heterocycles. The monoisotopic (exact) mass is 367 g/mol. The molecule has 0 saturated carbocycles. The van der Waals surface area contributed by atoms with Crippen molar-refractivity contribution in [2.45, 2.75) is 31.0 Å². The predicted octanol–water partition coefficient (Wildman–Crippen LogP) is 3.85. The van der Waals surface area contributed by atoms with E-state index in [-0.39, 0.29) is 5.91 Å². The average Bonchev–Trinajstić information content (AvgIpc) is 3.01. The second kappa shape index (κ2) is 10.1. The fourth-order valence-corrected chi connectivity index (χ4v) is 3.51. The fourth-order valence-electron chi connectivity index (χ4n) is 1.85. The number of benzene rings is 1. The van der Waals surface area contributed by atoms with Gasteiger partial charge in [-0.2, -0.15) is 0 Å². The molecule has 0 bridgehead atoms. The van der Waals surface area contributed by atoms with E-state index in [1.165, 1.54) is 11.3 Å². The Morgan fingerprint density at radius 1 is 1.17 bits per heavy atom. The molecule has 6 nitrogen and oxygen atoms in total. The molecule has 0 unspecified atom stereocenters. The van der Waals surface area contributed by atoms with Gasteiger partial charge in [-0.3, -0.25) is 4.79 Å². The number of aromatic nitrogens is 2. The van der Waals surface area contributed by atoms with Crippen LogP contribution in [0.5, 0.6) is 11.5 Å². The molecule has 24 heavy (non-hydrogen) atoms. The highest BCUT2D eigenvalue weighted by Crippen LogP contribution is 2.25. The predicted molar refractivity (Wildman–Crippen MR) is 97.3 cm³/mol. The lowest BCUT2D eigenvalue weighted by molar-refractivity contribution is -0.116. The van der Waals surface area contributed by atoms with E-state index in [1.54, 1.807) is 11.8 Å². The van der Waals surface area contributed by atoms with Crippen LogP contribution in [0.25, 0.3) is 0 Å². The van der Waals surface area contributed by atoms with Crippen molar-refractivity contribution in [3.8, 4) is 11.5 Å². The smallest absolute Gasteiger partial charge is 0.226 e. The molecule has 1 aromatic heterocycles. The second-order valence-corrected chi connectivity index (χ2v) is 7.20. The topological polar surface area (TPSA) is 73.3 Å². The second-order valence-electron chi connectivity index (χ2n) is 4.71. The van der Waals surface area contributed by atoms with Gasteiger partial charge in [0.2, 0.25) is 11.0 Å². The average molecular weight is 367 g/mol. The van der Waals surface area contributed by atoms with Crippen LogP contribution in [-0.4, -0.2) is 35.1 Å². The van der Waals surface area contributed by atoms with E-state index in [0.29, 0.717) is 31.2 Å². The first-order valence-corrected chi connectivity index (χ1v) is 9.63. The molecule has 0 aliphatic heterocycles. The lowest BCUT2D eigenvalue weighted by Gasteiger charge is -2.07. The molecule has 2 aromatic rings. The molecule has 0 spiro atoms. The Morgan fingerprint density at radius 2 is 1.88 bits per heavy atom. The molecular formula is C16H21N3O3S2. The van der Waals surface area contributed by atoms with Crippen molar-refractivity contribution >= 4 is 34.1 Å². The van der Waals surface area contributed by atoms with Gasteiger partial charge in [0, 0.05) is 6.42 Å². The van der Waals surface area contributed by atoms with E-state index < -0.39 is 0 Å². The minimum absolute atomic E-state index is 0.0745. The Balaban J connectivity index is 1.65. The van der Waals surface area contributed by atoms with Gasteiger partial charge in [-0.1, -0.05) is 30.0 Å². The highest BCUT2D eigenvalue weighted by atomic mass is 32.2. The van der Waals surface area contributed by atoms with Crippen LogP contribution in [0, 0.1) is 0 Å². The summed E-state index contributed by atoms with van der Waals surface area (Å²) in [5, 5.41) is 11.2.